The maximum Gasteiger partial charge on any atom is 0.311 e. The number of hydrogen-bond acceptors (Lipinski definition) is 4. The molecular formula is C16H20N2O2S. The molecule has 0 spiro atoms. The van der Waals surface area contributed by atoms with Gasteiger partial charge in [-0.05, 0) is 38.2 Å². The van der Waals surface area contributed by atoms with Crippen molar-refractivity contribution in [1.82, 2.24) is 0 Å². The standard InChI is InChI=1S/C16H20N2O2S/c1-16(15(19)20)9-4-3-8-14(16)18-12-6-5-7-13(21-2)11(12)10-17/h5-7,14,18H,3-4,8-9H2,1-2H3,(H,19,20). The maximum atomic E-state index is 11.6. The molecule has 0 radical (unpaired) electrons. The lowest BCUT2D eigenvalue weighted by Gasteiger charge is -2.39. The smallest absolute Gasteiger partial charge is 0.311 e. The van der Waals surface area contributed by atoms with Crippen LogP contribution in [0.1, 0.15) is 38.2 Å². The van der Waals surface area contributed by atoms with Crippen molar-refractivity contribution in [3.63, 3.8) is 0 Å². The van der Waals surface area contributed by atoms with Gasteiger partial charge < -0.3 is 10.4 Å². The van der Waals surface area contributed by atoms with Gasteiger partial charge in [-0.1, -0.05) is 18.9 Å². The Morgan fingerprint density at radius 2 is 2.29 bits per heavy atom. The van der Waals surface area contributed by atoms with E-state index >= 15 is 0 Å². The van der Waals surface area contributed by atoms with Crippen molar-refractivity contribution in [1.29, 1.82) is 5.26 Å². The van der Waals surface area contributed by atoms with E-state index in [2.05, 4.69) is 11.4 Å². The maximum absolute atomic E-state index is 11.6. The molecular weight excluding hydrogens is 284 g/mol. The van der Waals surface area contributed by atoms with Crippen molar-refractivity contribution in [3.05, 3.63) is 23.8 Å². The molecule has 0 aromatic heterocycles. The second kappa shape index (κ2) is 6.40. The van der Waals surface area contributed by atoms with Gasteiger partial charge >= 0.3 is 5.97 Å². The summed E-state index contributed by atoms with van der Waals surface area (Å²) in [5.74, 6) is -0.765. The summed E-state index contributed by atoms with van der Waals surface area (Å²) in [5.41, 5.74) is 0.562. The van der Waals surface area contributed by atoms with Crippen molar-refractivity contribution in [2.75, 3.05) is 11.6 Å². The van der Waals surface area contributed by atoms with Crippen LogP contribution in [0.5, 0.6) is 0 Å². The molecule has 1 aliphatic rings. The molecule has 0 bridgehead atoms. The van der Waals surface area contributed by atoms with Crippen LogP contribution >= 0.6 is 11.8 Å². The Labute approximate surface area is 129 Å². The summed E-state index contributed by atoms with van der Waals surface area (Å²) in [6, 6.07) is 7.75. The average Bonchev–Trinajstić information content (AvgIpc) is 2.49. The zero-order valence-electron chi connectivity index (χ0n) is 12.3. The second-order valence-electron chi connectivity index (χ2n) is 5.66. The van der Waals surface area contributed by atoms with Crippen molar-refractivity contribution < 1.29 is 9.90 Å². The number of anilines is 1. The Bertz CT molecular complexity index is 582. The van der Waals surface area contributed by atoms with E-state index in [0.717, 1.165) is 29.8 Å². The average molecular weight is 304 g/mol. The van der Waals surface area contributed by atoms with Crippen LogP contribution in [0.4, 0.5) is 5.69 Å². The monoisotopic (exact) mass is 304 g/mol. The number of carbonyl (C=O) groups is 1. The van der Waals surface area contributed by atoms with Crippen molar-refractivity contribution in [3.8, 4) is 6.07 Å². The lowest BCUT2D eigenvalue weighted by molar-refractivity contribution is -0.150. The van der Waals surface area contributed by atoms with Crippen molar-refractivity contribution in [2.45, 2.75) is 43.5 Å². The Morgan fingerprint density at radius 3 is 2.90 bits per heavy atom. The number of hydrogen-bond donors (Lipinski definition) is 2. The molecule has 1 aliphatic carbocycles. The van der Waals surface area contributed by atoms with Gasteiger partial charge in [0.25, 0.3) is 0 Å². The van der Waals surface area contributed by atoms with Crippen LogP contribution in [-0.4, -0.2) is 23.4 Å². The Hall–Kier alpha value is -1.67. The molecule has 1 aromatic carbocycles. The van der Waals surface area contributed by atoms with Crippen molar-refractivity contribution >= 4 is 23.4 Å². The van der Waals surface area contributed by atoms with Gasteiger partial charge in [0, 0.05) is 10.9 Å². The van der Waals surface area contributed by atoms with Gasteiger partial charge in [0.05, 0.1) is 16.7 Å². The predicted molar refractivity (Wildman–Crippen MR) is 84.6 cm³/mol. The van der Waals surface area contributed by atoms with E-state index < -0.39 is 11.4 Å². The molecule has 1 fully saturated rings. The van der Waals surface area contributed by atoms with Crippen LogP contribution in [-0.2, 0) is 4.79 Å². The van der Waals surface area contributed by atoms with E-state index in [1.54, 1.807) is 6.92 Å². The topological polar surface area (TPSA) is 73.1 Å². The minimum Gasteiger partial charge on any atom is -0.481 e. The van der Waals surface area contributed by atoms with Crippen LogP contribution in [0.3, 0.4) is 0 Å². The molecule has 5 heteroatoms. The number of nitrogens with zero attached hydrogens (tertiary/aromatic N) is 1. The zero-order chi connectivity index (χ0) is 15.5. The van der Waals surface area contributed by atoms with Gasteiger partial charge in [-0.2, -0.15) is 5.26 Å². The Morgan fingerprint density at radius 1 is 1.52 bits per heavy atom. The van der Waals surface area contributed by atoms with Gasteiger partial charge in [0.15, 0.2) is 0 Å². The number of carboxylic acid groups (broad SMARTS) is 1. The molecule has 112 valence electrons. The first kappa shape index (κ1) is 15.7. The minimum absolute atomic E-state index is 0.145. The van der Waals surface area contributed by atoms with E-state index in [4.69, 9.17) is 0 Å². The summed E-state index contributed by atoms with van der Waals surface area (Å²) in [5, 5.41) is 22.3. The summed E-state index contributed by atoms with van der Waals surface area (Å²) >= 11 is 1.52. The SMILES string of the molecule is CSc1cccc(NC2CCCCC2(C)C(=O)O)c1C#N. The van der Waals surface area contributed by atoms with Gasteiger partial charge in [0.1, 0.15) is 6.07 Å². The third-order valence-corrected chi connectivity index (χ3v) is 5.16. The first-order valence-electron chi connectivity index (χ1n) is 7.10. The molecule has 1 aromatic rings. The van der Waals surface area contributed by atoms with Crippen LogP contribution < -0.4 is 5.32 Å². The fourth-order valence-corrected chi connectivity index (χ4v) is 3.52. The molecule has 2 unspecified atom stereocenters. The summed E-state index contributed by atoms with van der Waals surface area (Å²) in [6.07, 6.45) is 5.38. The van der Waals surface area contributed by atoms with Crippen molar-refractivity contribution in [2.24, 2.45) is 5.41 Å². The zero-order valence-corrected chi connectivity index (χ0v) is 13.2. The predicted octanol–water partition coefficient (Wildman–Crippen LogP) is 3.73. The number of thioether (sulfide) groups is 1. The largest absolute Gasteiger partial charge is 0.481 e. The van der Waals surface area contributed by atoms with Gasteiger partial charge in [-0.25, -0.2) is 0 Å². The van der Waals surface area contributed by atoms with Gasteiger partial charge in [-0.3, -0.25) is 4.79 Å². The fourth-order valence-electron chi connectivity index (χ4n) is 2.95. The highest BCUT2D eigenvalue weighted by Gasteiger charge is 2.43. The molecule has 4 nitrogen and oxygen atoms in total. The van der Waals surface area contributed by atoms with Gasteiger partial charge in [-0.15, -0.1) is 11.8 Å². The summed E-state index contributed by atoms with van der Waals surface area (Å²) in [6.45, 7) is 1.80. The molecule has 0 heterocycles. The third kappa shape index (κ3) is 3.01. The lowest BCUT2D eigenvalue weighted by Crippen LogP contribution is -2.46. The molecule has 21 heavy (non-hydrogen) atoms. The highest BCUT2D eigenvalue weighted by molar-refractivity contribution is 7.98. The van der Waals surface area contributed by atoms with Crippen LogP contribution in [0, 0.1) is 16.7 Å². The number of rotatable bonds is 4. The van der Waals surface area contributed by atoms with Crippen LogP contribution in [0.2, 0.25) is 0 Å². The first-order valence-corrected chi connectivity index (χ1v) is 8.32. The first-order chi connectivity index (χ1) is 10.0. The number of nitrogens with one attached hydrogen (secondary N) is 1. The fraction of sp³-hybridized carbons (Fsp3) is 0.500. The quantitative estimate of drug-likeness (QED) is 0.829. The summed E-state index contributed by atoms with van der Waals surface area (Å²) in [7, 11) is 0. The molecule has 2 rings (SSSR count). The Balaban J connectivity index is 2.33. The number of benzene rings is 1. The summed E-state index contributed by atoms with van der Waals surface area (Å²) in [4.78, 5) is 12.6. The highest BCUT2D eigenvalue weighted by atomic mass is 32.2. The van der Waals surface area contributed by atoms with Gasteiger partial charge in [0.2, 0.25) is 0 Å². The number of aliphatic carboxylic acids is 1. The summed E-state index contributed by atoms with van der Waals surface area (Å²) < 4.78 is 0. The van der Waals surface area contributed by atoms with E-state index in [0.29, 0.717) is 12.0 Å². The molecule has 0 aliphatic heterocycles. The van der Waals surface area contributed by atoms with Crippen LogP contribution in [0.15, 0.2) is 23.1 Å². The molecule has 1 saturated carbocycles. The molecule has 0 saturated heterocycles. The highest BCUT2D eigenvalue weighted by Crippen LogP contribution is 2.39. The number of carboxylic acids is 1. The third-order valence-electron chi connectivity index (χ3n) is 4.38. The molecule has 0 amide bonds. The minimum atomic E-state index is -0.777. The molecule has 2 atom stereocenters. The second-order valence-corrected chi connectivity index (χ2v) is 6.51. The van der Waals surface area contributed by atoms with E-state index in [-0.39, 0.29) is 6.04 Å². The Kier molecular flexibility index (Phi) is 4.79. The van der Waals surface area contributed by atoms with E-state index in [9.17, 15) is 15.2 Å². The lowest BCUT2D eigenvalue weighted by atomic mass is 9.71. The van der Waals surface area contributed by atoms with Crippen LogP contribution in [0.25, 0.3) is 0 Å². The number of nitriles is 1. The van der Waals surface area contributed by atoms with E-state index in [1.807, 2.05) is 24.5 Å². The van der Waals surface area contributed by atoms with E-state index in [1.165, 1.54) is 11.8 Å². The normalized spacial score (nSPS) is 25.1. The molecule has 2 N–H and O–H groups in total.